The van der Waals surface area contributed by atoms with E-state index >= 15 is 0 Å². The van der Waals surface area contributed by atoms with Crippen LogP contribution in [0.2, 0.25) is 0 Å². The lowest BCUT2D eigenvalue weighted by Crippen LogP contribution is -2.17. The van der Waals surface area contributed by atoms with Gasteiger partial charge in [-0.25, -0.2) is 0 Å². The second kappa shape index (κ2) is 7.82. The van der Waals surface area contributed by atoms with E-state index in [2.05, 4.69) is 105 Å². The summed E-state index contributed by atoms with van der Waals surface area (Å²) in [5, 5.41) is 0. The Labute approximate surface area is 168 Å². The molecule has 0 saturated carbocycles. The van der Waals surface area contributed by atoms with E-state index in [4.69, 9.17) is 0 Å². The third kappa shape index (κ3) is 5.96. The molecule has 0 nitrogen and oxygen atoms in total. The molecule has 0 heterocycles. The van der Waals surface area contributed by atoms with Crippen LogP contribution in [0, 0.1) is 0 Å². The molecule has 0 unspecified atom stereocenters. The van der Waals surface area contributed by atoms with Crippen molar-refractivity contribution in [1.82, 2.24) is 0 Å². The molecule has 0 fully saturated rings. The molecule has 0 spiro atoms. The van der Waals surface area contributed by atoms with E-state index in [0.717, 1.165) is 12.8 Å². The molecule has 2 aromatic carbocycles. The van der Waals surface area contributed by atoms with Crippen molar-refractivity contribution >= 4 is 0 Å². The van der Waals surface area contributed by atoms with Crippen molar-refractivity contribution < 1.29 is 0 Å². The van der Waals surface area contributed by atoms with E-state index < -0.39 is 0 Å². The summed E-state index contributed by atoms with van der Waals surface area (Å²) in [7, 11) is 0. The Hall–Kier alpha value is -1.56. The van der Waals surface area contributed by atoms with Gasteiger partial charge in [-0.3, -0.25) is 0 Å². The molecule has 0 bridgehead atoms. The minimum Gasteiger partial charge on any atom is -0.0617 e. The molecule has 0 saturated heterocycles. The largest absolute Gasteiger partial charge is 0.0617 e. The second-order valence-corrected chi connectivity index (χ2v) is 11.2. The van der Waals surface area contributed by atoms with Gasteiger partial charge in [0.2, 0.25) is 0 Å². The molecule has 0 heteroatoms. The van der Waals surface area contributed by atoms with E-state index in [-0.39, 0.29) is 16.2 Å². The first-order valence-corrected chi connectivity index (χ1v) is 10.5. The molecule has 0 N–H and O–H groups in total. The summed E-state index contributed by atoms with van der Waals surface area (Å²) in [5.41, 5.74) is 7.98. The van der Waals surface area contributed by atoms with Crippen LogP contribution in [0.3, 0.4) is 0 Å². The van der Waals surface area contributed by atoms with Gasteiger partial charge in [-0.15, -0.1) is 0 Å². The molecule has 0 radical (unpaired) electrons. The highest BCUT2D eigenvalue weighted by Crippen LogP contribution is 2.32. The number of hydrogen-bond acceptors (Lipinski definition) is 0. The maximum atomic E-state index is 2.46. The van der Waals surface area contributed by atoms with Gasteiger partial charge in [0.25, 0.3) is 0 Å². The topological polar surface area (TPSA) is 0 Å². The zero-order valence-electron chi connectivity index (χ0n) is 19.2. The van der Waals surface area contributed by atoms with Crippen molar-refractivity contribution in [2.75, 3.05) is 0 Å². The van der Waals surface area contributed by atoms with Crippen molar-refractivity contribution in [3.63, 3.8) is 0 Å². The Kier molecular flexibility index (Phi) is 6.30. The summed E-state index contributed by atoms with van der Waals surface area (Å²) in [6.45, 7) is 20.8. The molecule has 27 heavy (non-hydrogen) atoms. The van der Waals surface area contributed by atoms with Gasteiger partial charge in [0.05, 0.1) is 0 Å². The molecule has 2 aromatic rings. The monoisotopic (exact) mass is 364 g/mol. The molecular formula is C27H40. The Bertz CT molecular complexity index is 758. The Morgan fingerprint density at radius 3 is 1.74 bits per heavy atom. The van der Waals surface area contributed by atoms with Crippen LogP contribution in [0.15, 0.2) is 42.5 Å². The first-order valence-electron chi connectivity index (χ1n) is 10.5. The van der Waals surface area contributed by atoms with Crippen LogP contribution in [-0.4, -0.2) is 0 Å². The number of benzene rings is 2. The first-order chi connectivity index (χ1) is 12.3. The van der Waals surface area contributed by atoms with E-state index in [0.29, 0.717) is 0 Å². The molecule has 148 valence electrons. The average Bonchev–Trinajstić information content (AvgIpc) is 2.52. The fraction of sp³-hybridized carbons (Fsp3) is 0.556. The Morgan fingerprint density at radius 1 is 0.593 bits per heavy atom. The summed E-state index contributed by atoms with van der Waals surface area (Å²) >= 11 is 0. The highest BCUT2D eigenvalue weighted by Gasteiger charge is 2.21. The van der Waals surface area contributed by atoms with Gasteiger partial charge in [-0.1, -0.05) is 105 Å². The summed E-state index contributed by atoms with van der Waals surface area (Å²) in [4.78, 5) is 0. The number of rotatable bonds is 4. The number of hydrogen-bond donors (Lipinski definition) is 0. The SMILES string of the molecule is CC(C)(C)c1cccc(CCCc2cc(C(C)(C)C)ccc2C(C)(C)C)c1. The number of aryl methyl sites for hydroxylation is 2. The van der Waals surface area contributed by atoms with Gasteiger partial charge in [0.1, 0.15) is 0 Å². The molecule has 0 atom stereocenters. The molecule has 2 rings (SSSR count). The summed E-state index contributed by atoms with van der Waals surface area (Å²) < 4.78 is 0. The van der Waals surface area contributed by atoms with Crippen LogP contribution in [0.5, 0.6) is 0 Å². The minimum absolute atomic E-state index is 0.192. The predicted octanol–water partition coefficient (Wildman–Crippen LogP) is 7.75. The standard InChI is InChI=1S/C27H40/c1-25(2,3)22-15-11-13-20(18-22)12-10-14-21-19-23(26(4,5)6)16-17-24(21)27(7,8)9/h11,13,15-19H,10,12,14H2,1-9H3. The predicted molar refractivity (Wildman–Crippen MR) is 121 cm³/mol. The lowest BCUT2D eigenvalue weighted by molar-refractivity contribution is 0.567. The van der Waals surface area contributed by atoms with Crippen molar-refractivity contribution in [2.24, 2.45) is 0 Å². The summed E-state index contributed by atoms with van der Waals surface area (Å²) in [5.74, 6) is 0. The van der Waals surface area contributed by atoms with Crippen molar-refractivity contribution in [1.29, 1.82) is 0 Å². The van der Waals surface area contributed by atoms with Crippen LogP contribution < -0.4 is 0 Å². The Balaban J connectivity index is 2.19. The zero-order valence-corrected chi connectivity index (χ0v) is 19.2. The fourth-order valence-electron chi connectivity index (χ4n) is 3.68. The maximum absolute atomic E-state index is 2.46. The molecule has 0 aliphatic heterocycles. The molecular weight excluding hydrogens is 324 g/mol. The third-order valence-corrected chi connectivity index (χ3v) is 5.48. The van der Waals surface area contributed by atoms with Crippen LogP contribution in [0.4, 0.5) is 0 Å². The van der Waals surface area contributed by atoms with Crippen molar-refractivity contribution in [2.45, 2.75) is 97.8 Å². The van der Waals surface area contributed by atoms with Crippen LogP contribution in [-0.2, 0) is 29.1 Å². The van der Waals surface area contributed by atoms with E-state index in [1.165, 1.54) is 34.2 Å². The van der Waals surface area contributed by atoms with Crippen LogP contribution in [0.25, 0.3) is 0 Å². The third-order valence-electron chi connectivity index (χ3n) is 5.48. The van der Waals surface area contributed by atoms with Crippen molar-refractivity contribution in [3.8, 4) is 0 Å². The lowest BCUT2D eigenvalue weighted by Gasteiger charge is -2.27. The smallest absolute Gasteiger partial charge is 0.0129 e. The highest BCUT2D eigenvalue weighted by molar-refractivity contribution is 5.39. The summed E-state index contributed by atoms with van der Waals surface area (Å²) in [6, 6.07) is 16.3. The second-order valence-electron chi connectivity index (χ2n) is 11.2. The van der Waals surface area contributed by atoms with E-state index in [1.54, 1.807) is 0 Å². The van der Waals surface area contributed by atoms with Gasteiger partial charge in [-0.2, -0.15) is 0 Å². The van der Waals surface area contributed by atoms with E-state index in [1.807, 2.05) is 0 Å². The van der Waals surface area contributed by atoms with Gasteiger partial charge >= 0.3 is 0 Å². The fourth-order valence-corrected chi connectivity index (χ4v) is 3.68. The van der Waals surface area contributed by atoms with Crippen LogP contribution >= 0.6 is 0 Å². The molecule has 0 aromatic heterocycles. The average molecular weight is 365 g/mol. The van der Waals surface area contributed by atoms with Gasteiger partial charge in [0.15, 0.2) is 0 Å². The Morgan fingerprint density at radius 2 is 1.19 bits per heavy atom. The quantitative estimate of drug-likeness (QED) is 0.520. The maximum Gasteiger partial charge on any atom is -0.0129 e. The molecule has 0 amide bonds. The highest BCUT2D eigenvalue weighted by atomic mass is 14.3. The van der Waals surface area contributed by atoms with Gasteiger partial charge in [-0.05, 0) is 63.3 Å². The van der Waals surface area contributed by atoms with E-state index in [9.17, 15) is 0 Å². The minimum atomic E-state index is 0.192. The van der Waals surface area contributed by atoms with Gasteiger partial charge < -0.3 is 0 Å². The summed E-state index contributed by atoms with van der Waals surface area (Å²) in [6.07, 6.45) is 3.49. The first kappa shape index (κ1) is 21.7. The zero-order chi connectivity index (χ0) is 20.5. The normalized spacial score (nSPS) is 13.1. The molecule has 0 aliphatic rings. The van der Waals surface area contributed by atoms with Crippen LogP contribution in [0.1, 0.15) is 96.6 Å². The lowest BCUT2D eigenvalue weighted by atomic mass is 9.78. The molecule has 0 aliphatic carbocycles. The van der Waals surface area contributed by atoms with Crippen molar-refractivity contribution in [3.05, 3.63) is 70.3 Å². The van der Waals surface area contributed by atoms with Gasteiger partial charge in [0, 0.05) is 0 Å².